The predicted octanol–water partition coefficient (Wildman–Crippen LogP) is 7.53. The molecular weight excluding hydrogens is 562 g/mol. The largest absolute Gasteiger partial charge is 0.433 e. The molecule has 192 valence electrons. The van der Waals surface area contributed by atoms with Crippen LogP contribution in [0, 0.1) is 11.7 Å². The Morgan fingerprint density at radius 3 is 2.56 bits per heavy atom. The van der Waals surface area contributed by atoms with Gasteiger partial charge in [0.05, 0.1) is 5.52 Å². The van der Waals surface area contributed by atoms with Crippen molar-refractivity contribution in [1.29, 1.82) is 0 Å². The Kier molecular flexibility index (Phi) is 8.40. The third-order valence-corrected chi connectivity index (χ3v) is 7.21. The molecule has 1 amide bonds. The molecule has 1 aliphatic carbocycles. The van der Waals surface area contributed by atoms with E-state index in [0.29, 0.717) is 34.6 Å². The van der Waals surface area contributed by atoms with Crippen LogP contribution in [0.5, 0.6) is 0 Å². The lowest BCUT2D eigenvalue weighted by atomic mass is 9.86. The summed E-state index contributed by atoms with van der Waals surface area (Å²) in [7, 11) is 0. The van der Waals surface area contributed by atoms with E-state index in [-0.39, 0.29) is 35.6 Å². The molecule has 2 N–H and O–H groups in total. The van der Waals surface area contributed by atoms with Gasteiger partial charge in [-0.25, -0.2) is 9.37 Å². The van der Waals surface area contributed by atoms with E-state index in [1.807, 2.05) is 0 Å². The van der Waals surface area contributed by atoms with Crippen LogP contribution in [0.25, 0.3) is 10.9 Å². The molecule has 0 atom stereocenters. The van der Waals surface area contributed by atoms with Gasteiger partial charge in [0.15, 0.2) is 0 Å². The molecule has 10 heteroatoms. The number of carbonyl (C=O) groups excluding carboxylic acids is 1. The van der Waals surface area contributed by atoms with Gasteiger partial charge in [0.2, 0.25) is 5.91 Å². The number of anilines is 1. The second kappa shape index (κ2) is 11.3. The molecule has 1 aromatic heterocycles. The van der Waals surface area contributed by atoms with Crippen molar-refractivity contribution in [1.82, 2.24) is 10.3 Å². The van der Waals surface area contributed by atoms with Crippen molar-refractivity contribution in [3.05, 3.63) is 69.0 Å². The number of amides is 1. The van der Waals surface area contributed by atoms with Crippen LogP contribution in [-0.4, -0.2) is 23.5 Å². The van der Waals surface area contributed by atoms with Crippen molar-refractivity contribution >= 4 is 50.0 Å². The summed E-state index contributed by atoms with van der Waals surface area (Å²) in [5.41, 5.74) is 0.123. The molecule has 3 aromatic rings. The Morgan fingerprint density at radius 2 is 1.83 bits per heavy atom. The van der Waals surface area contributed by atoms with Crippen LogP contribution >= 0.6 is 27.5 Å². The van der Waals surface area contributed by atoms with E-state index < -0.39 is 11.9 Å². The maximum absolute atomic E-state index is 13.9. The van der Waals surface area contributed by atoms with Gasteiger partial charge in [-0.2, -0.15) is 13.2 Å². The molecule has 4 nitrogen and oxygen atoms in total. The summed E-state index contributed by atoms with van der Waals surface area (Å²) in [4.78, 5) is 16.1. The van der Waals surface area contributed by atoms with Gasteiger partial charge >= 0.3 is 6.18 Å². The van der Waals surface area contributed by atoms with Gasteiger partial charge in [-0.15, -0.1) is 0 Å². The molecule has 1 saturated carbocycles. The Hall–Kier alpha value is -2.39. The first-order valence-electron chi connectivity index (χ1n) is 11.7. The maximum atomic E-state index is 13.9. The fourth-order valence-electron chi connectivity index (χ4n) is 4.54. The minimum absolute atomic E-state index is 0.0403. The Balaban J connectivity index is 1.29. The molecular formula is C26H25BrClF4N3O. The monoisotopic (exact) mass is 585 g/mol. The zero-order valence-corrected chi connectivity index (χ0v) is 21.6. The first kappa shape index (κ1) is 26.7. The zero-order chi connectivity index (χ0) is 25.9. The summed E-state index contributed by atoms with van der Waals surface area (Å²) < 4.78 is 54.6. The normalized spacial score (nSPS) is 18.3. The highest BCUT2D eigenvalue weighted by atomic mass is 79.9. The van der Waals surface area contributed by atoms with Crippen molar-refractivity contribution in [2.75, 3.05) is 11.9 Å². The molecule has 0 spiro atoms. The van der Waals surface area contributed by atoms with Crippen molar-refractivity contribution in [2.24, 2.45) is 5.92 Å². The number of benzene rings is 2. The fourth-order valence-corrected chi connectivity index (χ4v) is 5.12. The number of nitrogens with one attached hydrogen (secondary N) is 2. The standard InChI is InChI=1S/C26H25BrClF4N3O/c27-17-4-8-21(29)16(11-17)3-10-25(36)34-19-6-1-15(2-7-19)14-33-23-13-24(26(30,31)32)35-22-9-5-18(28)12-20(22)23/h4-5,8-9,11-13,15,19H,1-3,6-7,10,14H2,(H,33,35)(H,34,36). The quantitative estimate of drug-likeness (QED) is 0.282. The molecule has 0 unspecified atom stereocenters. The Morgan fingerprint density at radius 1 is 1.08 bits per heavy atom. The summed E-state index contributed by atoms with van der Waals surface area (Å²) in [6.45, 7) is 0.506. The average molecular weight is 587 g/mol. The van der Waals surface area contributed by atoms with Crippen LogP contribution < -0.4 is 10.6 Å². The van der Waals surface area contributed by atoms with Crippen LogP contribution in [0.1, 0.15) is 43.4 Å². The minimum atomic E-state index is -4.55. The average Bonchev–Trinajstić information content (AvgIpc) is 2.83. The molecule has 0 radical (unpaired) electrons. The third kappa shape index (κ3) is 6.88. The van der Waals surface area contributed by atoms with E-state index in [0.717, 1.165) is 36.2 Å². The maximum Gasteiger partial charge on any atom is 0.433 e. The van der Waals surface area contributed by atoms with E-state index in [9.17, 15) is 22.4 Å². The number of halogens is 6. The van der Waals surface area contributed by atoms with Gasteiger partial charge in [0, 0.05) is 39.6 Å². The molecule has 36 heavy (non-hydrogen) atoms. The fraction of sp³-hybridized carbons (Fsp3) is 0.385. The number of hydrogen-bond donors (Lipinski definition) is 2. The van der Waals surface area contributed by atoms with Crippen LogP contribution in [0.2, 0.25) is 5.02 Å². The van der Waals surface area contributed by atoms with Gasteiger partial charge in [0.1, 0.15) is 11.5 Å². The van der Waals surface area contributed by atoms with E-state index >= 15 is 0 Å². The highest BCUT2D eigenvalue weighted by Gasteiger charge is 2.33. The number of pyridine rings is 1. The SMILES string of the molecule is O=C(CCc1cc(Br)ccc1F)NC1CCC(CNc2cc(C(F)(F)F)nc3ccc(Cl)cc23)CC1. The Bertz CT molecular complexity index is 1250. The summed E-state index contributed by atoms with van der Waals surface area (Å²) in [6, 6.07) is 10.4. The van der Waals surface area contributed by atoms with Crippen LogP contribution in [0.4, 0.5) is 23.2 Å². The van der Waals surface area contributed by atoms with Gasteiger partial charge < -0.3 is 10.6 Å². The number of aromatic nitrogens is 1. The molecule has 0 bridgehead atoms. The lowest BCUT2D eigenvalue weighted by Gasteiger charge is -2.29. The van der Waals surface area contributed by atoms with E-state index in [2.05, 4.69) is 31.5 Å². The minimum Gasteiger partial charge on any atom is -0.384 e. The van der Waals surface area contributed by atoms with Gasteiger partial charge in [0.25, 0.3) is 0 Å². The summed E-state index contributed by atoms with van der Waals surface area (Å²) in [5, 5.41) is 7.17. The highest BCUT2D eigenvalue weighted by molar-refractivity contribution is 9.10. The molecule has 1 fully saturated rings. The second-order valence-electron chi connectivity index (χ2n) is 9.12. The van der Waals surface area contributed by atoms with Crippen molar-refractivity contribution in [3.63, 3.8) is 0 Å². The first-order valence-corrected chi connectivity index (χ1v) is 12.9. The van der Waals surface area contributed by atoms with E-state index in [4.69, 9.17) is 11.6 Å². The number of hydrogen-bond acceptors (Lipinski definition) is 3. The van der Waals surface area contributed by atoms with Gasteiger partial charge in [-0.3, -0.25) is 4.79 Å². The zero-order valence-electron chi connectivity index (χ0n) is 19.3. The topological polar surface area (TPSA) is 54.0 Å². The van der Waals surface area contributed by atoms with E-state index in [1.165, 1.54) is 18.2 Å². The molecule has 0 saturated heterocycles. The number of nitrogens with zero attached hydrogens (tertiary/aromatic N) is 1. The lowest BCUT2D eigenvalue weighted by molar-refractivity contribution is -0.140. The van der Waals surface area contributed by atoms with Crippen molar-refractivity contribution in [3.8, 4) is 0 Å². The van der Waals surface area contributed by atoms with Crippen molar-refractivity contribution in [2.45, 2.75) is 50.7 Å². The first-order chi connectivity index (χ1) is 17.1. The molecule has 4 rings (SSSR count). The van der Waals surface area contributed by atoms with Crippen LogP contribution in [0.15, 0.2) is 46.9 Å². The smallest absolute Gasteiger partial charge is 0.384 e. The number of aryl methyl sites for hydroxylation is 1. The van der Waals surface area contributed by atoms with Crippen LogP contribution in [0.3, 0.4) is 0 Å². The molecule has 0 aliphatic heterocycles. The van der Waals surface area contributed by atoms with E-state index in [1.54, 1.807) is 18.2 Å². The summed E-state index contributed by atoms with van der Waals surface area (Å²) >= 11 is 9.38. The number of alkyl halides is 3. The molecule has 1 heterocycles. The second-order valence-corrected chi connectivity index (χ2v) is 10.5. The number of fused-ring (bicyclic) bond motifs is 1. The van der Waals surface area contributed by atoms with Gasteiger partial charge in [-0.05, 0) is 86.1 Å². The highest BCUT2D eigenvalue weighted by Crippen LogP contribution is 2.34. The summed E-state index contributed by atoms with van der Waals surface area (Å²) in [6.07, 6.45) is -0.820. The molecule has 2 aromatic carbocycles. The van der Waals surface area contributed by atoms with Gasteiger partial charge in [-0.1, -0.05) is 27.5 Å². The lowest BCUT2D eigenvalue weighted by Crippen LogP contribution is -2.38. The molecule has 1 aliphatic rings. The predicted molar refractivity (Wildman–Crippen MR) is 137 cm³/mol. The van der Waals surface area contributed by atoms with Crippen molar-refractivity contribution < 1.29 is 22.4 Å². The Labute approximate surface area is 219 Å². The third-order valence-electron chi connectivity index (χ3n) is 6.48. The summed E-state index contributed by atoms with van der Waals surface area (Å²) in [5.74, 6) is -0.188. The number of rotatable bonds is 7. The van der Waals surface area contributed by atoms with Crippen LogP contribution in [-0.2, 0) is 17.4 Å². The number of carbonyl (C=O) groups is 1.